The predicted molar refractivity (Wildman–Crippen MR) is 65.4 cm³/mol. The molecule has 1 aromatic heterocycles. The lowest BCUT2D eigenvalue weighted by molar-refractivity contribution is 0.141. The fourth-order valence-corrected chi connectivity index (χ4v) is 2.04. The van der Waals surface area contributed by atoms with Crippen LogP contribution in [0, 0.1) is 0 Å². The van der Waals surface area contributed by atoms with Gasteiger partial charge in [-0.05, 0) is 18.6 Å². The lowest BCUT2D eigenvalue weighted by atomic mass is 10.0. The Labute approximate surface area is 101 Å². The Kier molecular flexibility index (Phi) is 5.28. The molecule has 0 aromatic carbocycles. The van der Waals surface area contributed by atoms with Gasteiger partial charge in [-0.3, -0.25) is 0 Å². The first kappa shape index (κ1) is 13.5. The van der Waals surface area contributed by atoms with E-state index in [9.17, 15) is 5.11 Å². The summed E-state index contributed by atoms with van der Waals surface area (Å²) in [5.74, 6) is 1.98. The van der Waals surface area contributed by atoms with E-state index < -0.39 is 6.10 Å². The molecular weight excluding hydrogens is 224 g/mol. The Morgan fingerprint density at radius 1 is 1.38 bits per heavy atom. The minimum absolute atomic E-state index is 0.0506. The number of aromatic nitrogens is 2. The largest absolute Gasteiger partial charge is 0.393 e. The average Bonchev–Trinajstić information content (AvgIpc) is 2.64. The molecule has 0 saturated heterocycles. The zero-order valence-electron chi connectivity index (χ0n) is 10.3. The topological polar surface area (TPSA) is 59.2 Å². The Balaban J connectivity index is 2.62. The Hall–Kier alpha value is -0.550. The fourth-order valence-electron chi connectivity index (χ4n) is 1.44. The zero-order valence-corrected chi connectivity index (χ0v) is 11.1. The average molecular weight is 244 g/mol. The number of nitrogens with zero attached hydrogens (tertiary/aromatic N) is 2. The molecule has 2 unspecified atom stereocenters. The highest BCUT2D eigenvalue weighted by molar-refractivity contribution is 7.99. The summed E-state index contributed by atoms with van der Waals surface area (Å²) in [5.41, 5.74) is 0. The highest BCUT2D eigenvalue weighted by atomic mass is 32.2. The molecule has 92 valence electrons. The van der Waals surface area contributed by atoms with Gasteiger partial charge in [-0.1, -0.05) is 25.9 Å². The minimum Gasteiger partial charge on any atom is -0.393 e. The summed E-state index contributed by atoms with van der Waals surface area (Å²) in [7, 11) is 0. The maximum Gasteiger partial charge on any atom is 0.232 e. The number of rotatable bonds is 6. The predicted octanol–water partition coefficient (Wildman–Crippen LogP) is 2.59. The number of aliphatic hydroxyl groups excluding tert-OH is 1. The molecule has 4 nitrogen and oxygen atoms in total. The van der Waals surface area contributed by atoms with E-state index >= 15 is 0 Å². The Bertz CT molecular complexity index is 313. The van der Waals surface area contributed by atoms with Gasteiger partial charge in [0.25, 0.3) is 0 Å². The molecule has 1 heterocycles. The van der Waals surface area contributed by atoms with E-state index in [1.165, 1.54) is 0 Å². The molecule has 0 aliphatic carbocycles. The molecule has 1 aromatic rings. The van der Waals surface area contributed by atoms with Crippen molar-refractivity contribution in [1.29, 1.82) is 0 Å². The molecule has 0 amide bonds. The van der Waals surface area contributed by atoms with Crippen LogP contribution in [-0.4, -0.2) is 26.6 Å². The SMILES string of the molecule is CCC(c1nc(CSC(C)C)no1)C(C)O. The van der Waals surface area contributed by atoms with E-state index in [-0.39, 0.29) is 5.92 Å². The van der Waals surface area contributed by atoms with Gasteiger partial charge in [-0.2, -0.15) is 16.7 Å². The van der Waals surface area contributed by atoms with Crippen LogP contribution in [0.15, 0.2) is 4.52 Å². The van der Waals surface area contributed by atoms with Crippen LogP contribution >= 0.6 is 11.8 Å². The third-order valence-electron chi connectivity index (χ3n) is 2.37. The van der Waals surface area contributed by atoms with Crippen LogP contribution in [-0.2, 0) is 5.75 Å². The molecule has 2 atom stereocenters. The highest BCUT2D eigenvalue weighted by Crippen LogP contribution is 2.23. The van der Waals surface area contributed by atoms with Crippen molar-refractivity contribution in [2.75, 3.05) is 0 Å². The van der Waals surface area contributed by atoms with Crippen molar-refractivity contribution in [1.82, 2.24) is 10.1 Å². The first-order valence-electron chi connectivity index (χ1n) is 5.66. The van der Waals surface area contributed by atoms with Crippen molar-refractivity contribution in [3.05, 3.63) is 11.7 Å². The summed E-state index contributed by atoms with van der Waals surface area (Å²) in [6, 6.07) is 0. The first-order chi connectivity index (χ1) is 7.54. The van der Waals surface area contributed by atoms with E-state index in [2.05, 4.69) is 24.0 Å². The van der Waals surface area contributed by atoms with Crippen LogP contribution < -0.4 is 0 Å². The summed E-state index contributed by atoms with van der Waals surface area (Å²) in [6.07, 6.45) is 0.354. The third kappa shape index (κ3) is 3.79. The molecule has 0 radical (unpaired) electrons. The lowest BCUT2D eigenvalue weighted by Gasteiger charge is -2.12. The van der Waals surface area contributed by atoms with Crippen molar-refractivity contribution >= 4 is 11.8 Å². The summed E-state index contributed by atoms with van der Waals surface area (Å²) in [4.78, 5) is 4.32. The Morgan fingerprint density at radius 2 is 2.06 bits per heavy atom. The number of hydrogen-bond donors (Lipinski definition) is 1. The van der Waals surface area contributed by atoms with Crippen molar-refractivity contribution in [3.8, 4) is 0 Å². The van der Waals surface area contributed by atoms with E-state index in [4.69, 9.17) is 4.52 Å². The molecule has 0 bridgehead atoms. The van der Waals surface area contributed by atoms with Gasteiger partial charge in [0.2, 0.25) is 5.89 Å². The molecule has 0 aliphatic rings. The van der Waals surface area contributed by atoms with Gasteiger partial charge in [0.15, 0.2) is 5.82 Å². The van der Waals surface area contributed by atoms with Gasteiger partial charge in [0, 0.05) is 0 Å². The van der Waals surface area contributed by atoms with E-state index in [0.717, 1.165) is 12.2 Å². The number of hydrogen-bond acceptors (Lipinski definition) is 5. The van der Waals surface area contributed by atoms with Crippen molar-refractivity contribution < 1.29 is 9.63 Å². The quantitative estimate of drug-likeness (QED) is 0.833. The highest BCUT2D eigenvalue weighted by Gasteiger charge is 2.21. The van der Waals surface area contributed by atoms with Crippen LogP contribution in [0.2, 0.25) is 0 Å². The molecule has 0 aliphatic heterocycles. The summed E-state index contributed by atoms with van der Waals surface area (Å²) < 4.78 is 5.18. The molecule has 16 heavy (non-hydrogen) atoms. The van der Waals surface area contributed by atoms with Gasteiger partial charge in [0.1, 0.15) is 0 Å². The zero-order chi connectivity index (χ0) is 12.1. The molecule has 0 spiro atoms. The van der Waals surface area contributed by atoms with Gasteiger partial charge in [0.05, 0.1) is 17.8 Å². The molecule has 5 heteroatoms. The second-order valence-electron chi connectivity index (χ2n) is 4.16. The lowest BCUT2D eigenvalue weighted by Crippen LogP contribution is -2.14. The maximum absolute atomic E-state index is 9.56. The first-order valence-corrected chi connectivity index (χ1v) is 6.71. The van der Waals surface area contributed by atoms with Crippen LogP contribution in [0.3, 0.4) is 0 Å². The normalized spacial score (nSPS) is 15.4. The smallest absolute Gasteiger partial charge is 0.232 e. The van der Waals surface area contributed by atoms with Crippen molar-refractivity contribution in [2.45, 2.75) is 57.1 Å². The van der Waals surface area contributed by atoms with Gasteiger partial charge in [-0.15, -0.1) is 0 Å². The van der Waals surface area contributed by atoms with Crippen LogP contribution in [0.1, 0.15) is 51.7 Å². The molecule has 1 N–H and O–H groups in total. The maximum atomic E-state index is 9.56. The van der Waals surface area contributed by atoms with Crippen LogP contribution in [0.25, 0.3) is 0 Å². The molecule has 1 rings (SSSR count). The minimum atomic E-state index is -0.448. The summed E-state index contributed by atoms with van der Waals surface area (Å²) in [6.45, 7) is 8.03. The Morgan fingerprint density at radius 3 is 2.56 bits per heavy atom. The number of aliphatic hydroxyl groups is 1. The monoisotopic (exact) mass is 244 g/mol. The van der Waals surface area contributed by atoms with Crippen molar-refractivity contribution in [3.63, 3.8) is 0 Å². The van der Waals surface area contributed by atoms with Gasteiger partial charge in [-0.25, -0.2) is 0 Å². The molecular formula is C11H20N2O2S. The van der Waals surface area contributed by atoms with Crippen LogP contribution in [0.4, 0.5) is 0 Å². The molecule has 0 fully saturated rings. The van der Waals surface area contributed by atoms with Gasteiger partial charge < -0.3 is 9.63 Å². The van der Waals surface area contributed by atoms with Crippen molar-refractivity contribution in [2.24, 2.45) is 0 Å². The standard InChI is InChI=1S/C11H20N2O2S/c1-5-9(8(4)14)11-12-10(13-15-11)6-16-7(2)3/h7-9,14H,5-6H2,1-4H3. The second-order valence-corrected chi connectivity index (χ2v) is 5.73. The summed E-state index contributed by atoms with van der Waals surface area (Å²) in [5, 5.41) is 14.0. The van der Waals surface area contributed by atoms with E-state index in [1.54, 1.807) is 18.7 Å². The molecule has 0 saturated carbocycles. The third-order valence-corrected chi connectivity index (χ3v) is 3.46. The van der Waals surface area contributed by atoms with E-state index in [1.807, 2.05) is 6.92 Å². The van der Waals surface area contributed by atoms with Gasteiger partial charge >= 0.3 is 0 Å². The van der Waals surface area contributed by atoms with E-state index in [0.29, 0.717) is 17.0 Å². The summed E-state index contributed by atoms with van der Waals surface area (Å²) >= 11 is 1.78. The number of thioether (sulfide) groups is 1. The second kappa shape index (κ2) is 6.25. The fraction of sp³-hybridized carbons (Fsp3) is 0.818. The van der Waals surface area contributed by atoms with Crippen LogP contribution in [0.5, 0.6) is 0 Å².